The van der Waals surface area contributed by atoms with Gasteiger partial charge in [0.1, 0.15) is 11.8 Å². The van der Waals surface area contributed by atoms with Gasteiger partial charge in [0, 0.05) is 19.1 Å². The number of phenols is 1. The van der Waals surface area contributed by atoms with Crippen molar-refractivity contribution in [2.24, 2.45) is 16.5 Å². The van der Waals surface area contributed by atoms with Crippen LogP contribution < -0.4 is 16.8 Å². The number of aromatic nitrogens is 1. The first kappa shape index (κ1) is 29.9. The van der Waals surface area contributed by atoms with E-state index in [1.165, 1.54) is 12.1 Å². The fourth-order valence-corrected chi connectivity index (χ4v) is 6.09. The number of likely N-dealkylation sites (tertiary alicyclic amines) is 1. The van der Waals surface area contributed by atoms with E-state index in [0.717, 1.165) is 34.6 Å². The lowest BCUT2D eigenvalue weighted by Gasteiger charge is -2.36. The third kappa shape index (κ3) is 7.19. The van der Waals surface area contributed by atoms with Gasteiger partial charge in [-0.2, -0.15) is 0 Å². The number of hydrogen-bond acceptors (Lipinski definition) is 8. The summed E-state index contributed by atoms with van der Waals surface area (Å²) in [5.41, 5.74) is 12.5. The number of hydrogen-bond donors (Lipinski definition) is 4. The molecule has 4 rings (SSSR count). The van der Waals surface area contributed by atoms with E-state index in [0.29, 0.717) is 29.6 Å². The summed E-state index contributed by atoms with van der Waals surface area (Å²) >= 11 is 1.12. The van der Waals surface area contributed by atoms with Crippen molar-refractivity contribution in [2.75, 3.05) is 20.1 Å². The number of likely N-dealkylation sites (N-methyl/N-ethyl adjacent to an activating group) is 1. The van der Waals surface area contributed by atoms with Gasteiger partial charge < -0.3 is 26.8 Å². The molecule has 1 saturated heterocycles. The highest BCUT2D eigenvalue weighted by atomic mass is 32.1. The second-order valence-corrected chi connectivity index (χ2v) is 11.2. The lowest BCUT2D eigenvalue weighted by Crippen LogP contribution is -2.59. The van der Waals surface area contributed by atoms with Crippen molar-refractivity contribution in [3.8, 4) is 5.75 Å². The Balaban J connectivity index is 1.74. The van der Waals surface area contributed by atoms with E-state index in [9.17, 15) is 19.5 Å². The Bertz CT molecular complexity index is 1410. The molecule has 1 unspecified atom stereocenters. The molecule has 11 nitrogen and oxygen atoms in total. The molecular formula is C29H37N7O4S. The van der Waals surface area contributed by atoms with Gasteiger partial charge in [-0.1, -0.05) is 30.3 Å². The SMILES string of the molecule is CN[C@H](Cc1ccccc1)C(=O)N(C(=O)N1CCC[C@H]1C)C(CCCN=C(N)N)C(=O)c1nc2ccc(O)cc2s1. The number of thiazole rings is 1. The number of amides is 3. The zero-order valence-electron chi connectivity index (χ0n) is 23.3. The first-order chi connectivity index (χ1) is 19.7. The third-order valence-electron chi connectivity index (χ3n) is 7.30. The molecule has 3 atom stereocenters. The zero-order chi connectivity index (χ0) is 29.5. The number of carbonyl (C=O) groups is 3. The Labute approximate surface area is 243 Å². The van der Waals surface area contributed by atoms with Crippen LogP contribution in [0.4, 0.5) is 4.79 Å². The van der Waals surface area contributed by atoms with E-state index in [1.54, 1.807) is 18.0 Å². The minimum Gasteiger partial charge on any atom is -0.508 e. The topological polar surface area (TPSA) is 167 Å². The third-order valence-corrected chi connectivity index (χ3v) is 8.33. The van der Waals surface area contributed by atoms with Crippen LogP contribution in [-0.4, -0.2) is 81.8 Å². The quantitative estimate of drug-likeness (QED) is 0.116. The molecule has 3 aromatic rings. The Morgan fingerprint density at radius 2 is 1.98 bits per heavy atom. The predicted molar refractivity (Wildman–Crippen MR) is 160 cm³/mol. The maximum atomic E-state index is 14.3. The Morgan fingerprint density at radius 3 is 2.63 bits per heavy atom. The number of nitrogens with one attached hydrogen (secondary N) is 1. The number of benzene rings is 2. The lowest BCUT2D eigenvalue weighted by molar-refractivity contribution is -0.132. The van der Waals surface area contributed by atoms with Crippen LogP contribution in [0.2, 0.25) is 0 Å². The number of ketones is 1. The fourth-order valence-electron chi connectivity index (χ4n) is 5.10. The van der Waals surface area contributed by atoms with Crippen molar-refractivity contribution in [3.05, 3.63) is 59.1 Å². The van der Waals surface area contributed by atoms with Crippen molar-refractivity contribution in [1.82, 2.24) is 20.1 Å². The van der Waals surface area contributed by atoms with Crippen molar-refractivity contribution in [2.45, 2.75) is 57.2 Å². The van der Waals surface area contributed by atoms with Crippen molar-refractivity contribution < 1.29 is 19.5 Å². The van der Waals surface area contributed by atoms with Gasteiger partial charge in [0.25, 0.3) is 0 Å². The summed E-state index contributed by atoms with van der Waals surface area (Å²) < 4.78 is 0.627. The molecule has 6 N–H and O–H groups in total. The number of phenolic OH excluding ortho intramolecular Hbond substituents is 1. The largest absolute Gasteiger partial charge is 0.508 e. The second-order valence-electron chi connectivity index (χ2n) is 10.2. The average Bonchev–Trinajstić information content (AvgIpc) is 3.58. The van der Waals surface area contributed by atoms with Crippen LogP contribution in [0.1, 0.15) is 48.0 Å². The standard InChI is InChI=1S/C29H37N7O4S/c1-18-8-7-15-35(18)29(40)36(27(39)22(32-2)16-19-9-4-3-5-10-19)23(11-6-14-33-28(30)31)25(38)26-34-21-13-12-20(37)17-24(21)41-26/h3-5,9-10,12-13,17-18,22-23,32,37H,6-8,11,14-16H2,1-2H3,(H4,30,31,33)/t18-,22-,23?/m1/s1. The highest BCUT2D eigenvalue weighted by Gasteiger charge is 2.42. The molecule has 0 aliphatic carbocycles. The second kappa shape index (κ2) is 13.6. The summed E-state index contributed by atoms with van der Waals surface area (Å²) in [7, 11) is 1.67. The van der Waals surface area contributed by atoms with Crippen LogP contribution in [0.15, 0.2) is 53.5 Å². The molecule has 0 spiro atoms. The number of nitrogens with two attached hydrogens (primary N) is 2. The van der Waals surface area contributed by atoms with Crippen LogP contribution in [0.5, 0.6) is 5.75 Å². The minimum atomic E-state index is -1.13. The van der Waals surface area contributed by atoms with Crippen LogP contribution >= 0.6 is 11.3 Å². The molecule has 1 aliphatic heterocycles. The maximum absolute atomic E-state index is 14.3. The van der Waals surface area contributed by atoms with Gasteiger partial charge in [-0.3, -0.25) is 19.5 Å². The molecule has 1 aromatic heterocycles. The molecule has 0 radical (unpaired) electrons. The summed E-state index contributed by atoms with van der Waals surface area (Å²) in [5, 5.41) is 13.1. The van der Waals surface area contributed by atoms with E-state index in [2.05, 4.69) is 15.3 Å². The van der Waals surface area contributed by atoms with E-state index in [4.69, 9.17) is 11.5 Å². The van der Waals surface area contributed by atoms with Gasteiger partial charge in [0.2, 0.25) is 11.7 Å². The number of Topliss-reactive ketones (excluding diaryl/α,β-unsaturated/α-hetero) is 1. The van der Waals surface area contributed by atoms with Gasteiger partial charge in [0.15, 0.2) is 11.0 Å². The Hall–Kier alpha value is -4.03. The number of fused-ring (bicyclic) bond motifs is 1. The van der Waals surface area contributed by atoms with Gasteiger partial charge in [-0.25, -0.2) is 9.78 Å². The number of aliphatic imine (C=N–C) groups is 1. The van der Waals surface area contributed by atoms with Gasteiger partial charge in [0.05, 0.1) is 16.3 Å². The molecule has 3 amide bonds. The summed E-state index contributed by atoms with van der Waals surface area (Å²) in [6.07, 6.45) is 2.48. The molecule has 0 saturated carbocycles. The number of urea groups is 1. The molecule has 0 bridgehead atoms. The smallest absolute Gasteiger partial charge is 0.327 e. The zero-order valence-corrected chi connectivity index (χ0v) is 24.1. The number of rotatable bonds is 11. The molecule has 2 aromatic carbocycles. The highest BCUT2D eigenvalue weighted by Crippen LogP contribution is 2.29. The summed E-state index contributed by atoms with van der Waals surface area (Å²) in [6.45, 7) is 2.68. The predicted octanol–water partition coefficient (Wildman–Crippen LogP) is 2.87. The number of nitrogens with zero attached hydrogens (tertiary/aromatic N) is 4. The van der Waals surface area contributed by atoms with Crippen LogP contribution in [0.25, 0.3) is 10.2 Å². The average molecular weight is 580 g/mol. The van der Waals surface area contributed by atoms with E-state index >= 15 is 0 Å². The van der Waals surface area contributed by atoms with Crippen LogP contribution in [0.3, 0.4) is 0 Å². The molecule has 2 heterocycles. The Morgan fingerprint density at radius 1 is 1.22 bits per heavy atom. The minimum absolute atomic E-state index is 0.0571. The molecular weight excluding hydrogens is 542 g/mol. The molecule has 12 heteroatoms. The number of aromatic hydroxyl groups is 1. The Kier molecular flexibility index (Phi) is 9.90. The maximum Gasteiger partial charge on any atom is 0.327 e. The van der Waals surface area contributed by atoms with E-state index < -0.39 is 29.8 Å². The molecule has 1 fully saturated rings. The van der Waals surface area contributed by atoms with Crippen LogP contribution in [0, 0.1) is 0 Å². The summed E-state index contributed by atoms with van der Waals surface area (Å²) in [4.78, 5) is 53.9. The molecule has 1 aliphatic rings. The molecule has 41 heavy (non-hydrogen) atoms. The fraction of sp³-hybridized carbons (Fsp3) is 0.414. The first-order valence-electron chi connectivity index (χ1n) is 13.7. The van der Waals surface area contributed by atoms with Crippen molar-refractivity contribution in [1.29, 1.82) is 0 Å². The highest BCUT2D eigenvalue weighted by molar-refractivity contribution is 7.20. The van der Waals surface area contributed by atoms with Crippen LogP contribution in [-0.2, 0) is 11.2 Å². The van der Waals surface area contributed by atoms with E-state index in [1.807, 2.05) is 37.3 Å². The number of guanidine groups is 1. The summed E-state index contributed by atoms with van der Waals surface area (Å²) in [6, 6.07) is 11.7. The first-order valence-corrected chi connectivity index (χ1v) is 14.5. The van der Waals surface area contributed by atoms with Gasteiger partial charge in [-0.15, -0.1) is 11.3 Å². The summed E-state index contributed by atoms with van der Waals surface area (Å²) in [5.74, 6) is -0.952. The van der Waals surface area contributed by atoms with E-state index in [-0.39, 0.29) is 35.7 Å². The number of imide groups is 1. The van der Waals surface area contributed by atoms with Gasteiger partial charge in [-0.05, 0) is 69.8 Å². The molecule has 218 valence electrons. The monoisotopic (exact) mass is 579 g/mol. The lowest BCUT2D eigenvalue weighted by atomic mass is 10.0. The van der Waals surface area contributed by atoms with Crippen molar-refractivity contribution in [3.63, 3.8) is 0 Å². The van der Waals surface area contributed by atoms with Gasteiger partial charge >= 0.3 is 6.03 Å². The normalized spacial score (nSPS) is 16.3. The number of carbonyl (C=O) groups excluding carboxylic acids is 3. The van der Waals surface area contributed by atoms with Crippen molar-refractivity contribution >= 4 is 45.2 Å².